The second-order valence-electron chi connectivity index (χ2n) is 3.35. The number of nitrogens with one attached hydrogen (secondary N) is 1. The van der Waals surface area contributed by atoms with Crippen LogP contribution in [0.2, 0.25) is 0 Å². The van der Waals surface area contributed by atoms with Gasteiger partial charge in [0, 0.05) is 19.6 Å². The highest BCUT2D eigenvalue weighted by Gasteiger charge is 2.08. The Kier molecular flexibility index (Phi) is 7.37. The van der Waals surface area contributed by atoms with Crippen LogP contribution in [-0.2, 0) is 4.79 Å². The molecule has 0 radical (unpaired) electrons. The molecular weight excluding hydrogens is 184 g/mol. The molecule has 0 aromatic heterocycles. The molecule has 0 fully saturated rings. The monoisotopic (exact) mass is 204 g/mol. The molecule has 0 rings (SSSR count). The number of carboxylic acid groups (broad SMARTS) is 1. The van der Waals surface area contributed by atoms with Crippen LogP contribution in [0.25, 0.3) is 0 Å². The van der Waals surface area contributed by atoms with Crippen LogP contribution in [0.15, 0.2) is 0 Å². The molecule has 0 aliphatic rings. The van der Waals surface area contributed by atoms with E-state index in [4.69, 9.17) is 5.11 Å². The minimum atomic E-state index is -0.968. The summed E-state index contributed by atoms with van der Waals surface area (Å²) in [5.74, 6) is -0.968. The smallest absolute Gasteiger partial charge is 0.306 e. The highest BCUT2D eigenvalue weighted by Crippen LogP contribution is 1.88. The summed E-state index contributed by atoms with van der Waals surface area (Å²) in [4.78, 5) is 12.3. The lowest BCUT2D eigenvalue weighted by Gasteiger charge is -2.15. The van der Waals surface area contributed by atoms with Gasteiger partial charge < -0.3 is 20.4 Å². The molecule has 3 N–H and O–H groups in total. The molecule has 84 valence electrons. The first-order valence-electron chi connectivity index (χ1n) is 4.85. The zero-order chi connectivity index (χ0) is 11.0. The van der Waals surface area contributed by atoms with Gasteiger partial charge in [-0.05, 0) is 13.6 Å². The summed E-state index contributed by atoms with van der Waals surface area (Å²) >= 11 is 0. The second-order valence-corrected chi connectivity index (χ2v) is 3.35. The maximum Gasteiger partial charge on any atom is 0.306 e. The Balaban J connectivity index is 3.31. The molecule has 0 aromatic carbocycles. The van der Waals surface area contributed by atoms with Gasteiger partial charge in [0.25, 0.3) is 0 Å². The highest BCUT2D eigenvalue weighted by atomic mass is 16.4. The van der Waals surface area contributed by atoms with E-state index in [2.05, 4.69) is 17.1 Å². The number of carbonyl (C=O) groups is 1. The van der Waals surface area contributed by atoms with E-state index >= 15 is 0 Å². The number of aliphatic carboxylic acids is 1. The number of hydrogen-bond donors (Lipinski definition) is 3. The van der Waals surface area contributed by atoms with Crippen molar-refractivity contribution in [2.75, 3.05) is 33.2 Å². The van der Waals surface area contributed by atoms with Gasteiger partial charge in [0.2, 0.25) is 0 Å². The molecule has 0 aromatic rings. The maximum absolute atomic E-state index is 10.2. The number of aliphatic hydroxyl groups excluding tert-OH is 1. The average molecular weight is 204 g/mol. The fraction of sp³-hybridized carbons (Fsp3) is 0.889. The van der Waals surface area contributed by atoms with Crippen molar-refractivity contribution in [3.8, 4) is 0 Å². The Bertz CT molecular complexity index is 164. The van der Waals surface area contributed by atoms with Crippen molar-refractivity contribution in [3.05, 3.63) is 0 Å². The summed E-state index contributed by atoms with van der Waals surface area (Å²) in [6.45, 7) is 5.06. The Morgan fingerprint density at radius 3 is 2.71 bits per heavy atom. The zero-order valence-electron chi connectivity index (χ0n) is 8.86. The molecule has 0 saturated carbocycles. The van der Waals surface area contributed by atoms with Crippen LogP contribution in [0.4, 0.5) is 0 Å². The molecule has 0 aliphatic carbocycles. The lowest BCUT2D eigenvalue weighted by atomic mass is 10.2. The van der Waals surface area contributed by atoms with Gasteiger partial charge in [-0.15, -0.1) is 0 Å². The second kappa shape index (κ2) is 7.73. The summed E-state index contributed by atoms with van der Waals surface area (Å²) in [6, 6.07) is 0. The number of likely N-dealkylation sites (N-methyl/N-ethyl adjacent to an activating group) is 1. The van der Waals surface area contributed by atoms with Crippen LogP contribution in [-0.4, -0.2) is 60.4 Å². The lowest BCUT2D eigenvalue weighted by molar-refractivity contribution is -0.139. The fourth-order valence-electron chi connectivity index (χ4n) is 0.970. The quantitative estimate of drug-likeness (QED) is 0.459. The molecular formula is C9H20N2O3. The van der Waals surface area contributed by atoms with Crippen LogP contribution in [0, 0.1) is 0 Å². The van der Waals surface area contributed by atoms with Crippen molar-refractivity contribution in [1.82, 2.24) is 10.2 Å². The first kappa shape index (κ1) is 13.4. The van der Waals surface area contributed by atoms with Crippen LogP contribution < -0.4 is 5.32 Å². The third-order valence-electron chi connectivity index (χ3n) is 2.00. The van der Waals surface area contributed by atoms with Crippen molar-refractivity contribution >= 4 is 5.97 Å². The van der Waals surface area contributed by atoms with Crippen molar-refractivity contribution in [2.24, 2.45) is 0 Å². The Morgan fingerprint density at radius 2 is 2.21 bits per heavy atom. The standard InChI is InChI=1S/C9H20N2O3/c1-3-11(2)5-4-10-7-8(12)6-9(13)14/h8,10,12H,3-7H2,1-2H3,(H,13,14). The largest absolute Gasteiger partial charge is 0.481 e. The van der Waals surface area contributed by atoms with E-state index in [0.717, 1.165) is 19.6 Å². The predicted molar refractivity (Wildman–Crippen MR) is 54.3 cm³/mol. The van der Waals surface area contributed by atoms with Gasteiger partial charge >= 0.3 is 5.97 Å². The first-order chi connectivity index (χ1) is 6.56. The van der Waals surface area contributed by atoms with Gasteiger partial charge in [0.05, 0.1) is 12.5 Å². The molecule has 5 heteroatoms. The summed E-state index contributed by atoms with van der Waals surface area (Å²) < 4.78 is 0. The highest BCUT2D eigenvalue weighted by molar-refractivity contribution is 5.67. The minimum Gasteiger partial charge on any atom is -0.481 e. The summed E-state index contributed by atoms with van der Waals surface area (Å²) in [5, 5.41) is 20.6. The molecule has 0 amide bonds. The maximum atomic E-state index is 10.2. The predicted octanol–water partition coefficient (Wildman–Crippen LogP) is -0.637. The number of hydrogen-bond acceptors (Lipinski definition) is 4. The fourth-order valence-corrected chi connectivity index (χ4v) is 0.970. The van der Waals surface area contributed by atoms with Gasteiger partial charge in [-0.3, -0.25) is 4.79 Å². The molecule has 0 spiro atoms. The SMILES string of the molecule is CCN(C)CCNCC(O)CC(=O)O. The van der Waals surface area contributed by atoms with Gasteiger partial charge in [0.15, 0.2) is 0 Å². The van der Waals surface area contributed by atoms with Crippen LogP contribution in [0.1, 0.15) is 13.3 Å². The molecule has 0 bridgehead atoms. The van der Waals surface area contributed by atoms with E-state index in [-0.39, 0.29) is 6.42 Å². The van der Waals surface area contributed by atoms with Crippen LogP contribution in [0.3, 0.4) is 0 Å². The summed E-state index contributed by atoms with van der Waals surface area (Å²) in [5.41, 5.74) is 0. The Morgan fingerprint density at radius 1 is 1.57 bits per heavy atom. The number of rotatable bonds is 8. The van der Waals surface area contributed by atoms with Crippen molar-refractivity contribution in [2.45, 2.75) is 19.4 Å². The normalized spacial score (nSPS) is 13.1. The van der Waals surface area contributed by atoms with E-state index in [1.165, 1.54) is 0 Å². The number of carboxylic acids is 1. The first-order valence-corrected chi connectivity index (χ1v) is 4.85. The minimum absolute atomic E-state index is 0.198. The molecule has 0 aliphatic heterocycles. The van der Waals surface area contributed by atoms with Gasteiger partial charge in [0.1, 0.15) is 0 Å². The van der Waals surface area contributed by atoms with Gasteiger partial charge in [-0.1, -0.05) is 6.92 Å². The van der Waals surface area contributed by atoms with E-state index in [1.54, 1.807) is 0 Å². The third kappa shape index (κ3) is 7.97. The van der Waals surface area contributed by atoms with Crippen LogP contribution >= 0.6 is 0 Å². The summed E-state index contributed by atoms with van der Waals surface area (Å²) in [7, 11) is 2.01. The van der Waals surface area contributed by atoms with Gasteiger partial charge in [-0.2, -0.15) is 0 Å². The van der Waals surface area contributed by atoms with E-state index in [0.29, 0.717) is 6.54 Å². The van der Waals surface area contributed by atoms with Crippen molar-refractivity contribution in [3.63, 3.8) is 0 Å². The summed E-state index contributed by atoms with van der Waals surface area (Å²) in [6.07, 6.45) is -0.990. The molecule has 14 heavy (non-hydrogen) atoms. The van der Waals surface area contributed by atoms with Gasteiger partial charge in [-0.25, -0.2) is 0 Å². The Hall–Kier alpha value is -0.650. The molecule has 1 atom stereocenters. The van der Waals surface area contributed by atoms with E-state index < -0.39 is 12.1 Å². The molecule has 0 saturated heterocycles. The van der Waals surface area contributed by atoms with Crippen molar-refractivity contribution in [1.29, 1.82) is 0 Å². The zero-order valence-corrected chi connectivity index (χ0v) is 8.86. The third-order valence-corrected chi connectivity index (χ3v) is 2.00. The molecule has 1 unspecified atom stereocenters. The number of aliphatic hydroxyl groups is 1. The van der Waals surface area contributed by atoms with E-state index in [9.17, 15) is 9.90 Å². The molecule has 0 heterocycles. The number of nitrogens with zero attached hydrogens (tertiary/aromatic N) is 1. The Labute approximate surface area is 84.7 Å². The van der Waals surface area contributed by atoms with Crippen molar-refractivity contribution < 1.29 is 15.0 Å². The molecule has 5 nitrogen and oxygen atoms in total. The topological polar surface area (TPSA) is 72.8 Å². The van der Waals surface area contributed by atoms with Crippen LogP contribution in [0.5, 0.6) is 0 Å². The average Bonchev–Trinajstić information content (AvgIpc) is 2.10. The lowest BCUT2D eigenvalue weighted by Crippen LogP contribution is -2.34. The van der Waals surface area contributed by atoms with E-state index in [1.807, 2.05) is 7.05 Å².